The first-order valence-electron chi connectivity index (χ1n) is 7.84. The van der Waals surface area contributed by atoms with Crippen LogP contribution in [0.4, 0.5) is 0 Å². The number of hydrogen-bond donors (Lipinski definition) is 1. The number of benzene rings is 1. The molecule has 112 valence electrons. The molecule has 0 radical (unpaired) electrons. The summed E-state index contributed by atoms with van der Waals surface area (Å²) in [6.45, 7) is 4.95. The minimum absolute atomic E-state index is 0.768. The van der Waals surface area contributed by atoms with Gasteiger partial charge in [0.2, 0.25) is 0 Å². The van der Waals surface area contributed by atoms with Gasteiger partial charge < -0.3 is 14.8 Å². The fourth-order valence-electron chi connectivity index (χ4n) is 2.28. The van der Waals surface area contributed by atoms with Crippen molar-refractivity contribution in [1.82, 2.24) is 5.32 Å². The second-order valence-corrected chi connectivity index (χ2v) is 5.58. The highest BCUT2D eigenvalue weighted by Gasteiger charge is 2.20. The maximum atomic E-state index is 5.97. The molecule has 20 heavy (non-hydrogen) atoms. The maximum absolute atomic E-state index is 5.97. The van der Waals surface area contributed by atoms with E-state index in [2.05, 4.69) is 18.3 Å². The summed E-state index contributed by atoms with van der Waals surface area (Å²) in [4.78, 5) is 0. The summed E-state index contributed by atoms with van der Waals surface area (Å²) in [6.07, 6.45) is 6.29. The van der Waals surface area contributed by atoms with Crippen LogP contribution in [0.2, 0.25) is 0 Å². The highest BCUT2D eigenvalue weighted by Crippen LogP contribution is 2.32. The number of hydrogen-bond acceptors (Lipinski definition) is 3. The van der Waals surface area contributed by atoms with Crippen LogP contribution in [-0.2, 0) is 6.54 Å². The van der Waals surface area contributed by atoms with Crippen molar-refractivity contribution in [2.24, 2.45) is 5.92 Å². The normalized spacial score (nSPS) is 14.3. The zero-order chi connectivity index (χ0) is 14.2. The summed E-state index contributed by atoms with van der Waals surface area (Å²) in [7, 11) is 1.70. The van der Waals surface area contributed by atoms with Gasteiger partial charge in [0.15, 0.2) is 11.5 Å². The van der Waals surface area contributed by atoms with Gasteiger partial charge in [-0.2, -0.15) is 0 Å². The SMILES string of the molecule is CCCCCOc1c(CNCC2CC2)cccc1OC. The van der Waals surface area contributed by atoms with Crippen molar-refractivity contribution in [1.29, 1.82) is 0 Å². The lowest BCUT2D eigenvalue weighted by atomic mass is 10.1. The fraction of sp³-hybridized carbons (Fsp3) is 0.647. The van der Waals surface area contributed by atoms with Crippen molar-refractivity contribution in [2.75, 3.05) is 20.3 Å². The van der Waals surface area contributed by atoms with E-state index in [1.807, 2.05) is 12.1 Å². The molecule has 1 saturated carbocycles. The molecule has 2 rings (SSSR count). The lowest BCUT2D eigenvalue weighted by molar-refractivity contribution is 0.282. The molecule has 0 heterocycles. The summed E-state index contributed by atoms with van der Waals surface area (Å²) in [5.74, 6) is 2.65. The molecule has 0 spiro atoms. The van der Waals surface area contributed by atoms with Gasteiger partial charge in [-0.1, -0.05) is 31.9 Å². The minimum atomic E-state index is 0.768. The average molecular weight is 277 g/mol. The number of ether oxygens (including phenoxy) is 2. The van der Waals surface area contributed by atoms with Crippen molar-refractivity contribution in [3.63, 3.8) is 0 Å². The molecule has 1 aromatic carbocycles. The number of unbranched alkanes of at least 4 members (excludes halogenated alkanes) is 2. The molecule has 0 saturated heterocycles. The third kappa shape index (κ3) is 4.71. The van der Waals surface area contributed by atoms with Gasteiger partial charge in [-0.3, -0.25) is 0 Å². The second-order valence-electron chi connectivity index (χ2n) is 5.58. The highest BCUT2D eigenvalue weighted by atomic mass is 16.5. The van der Waals surface area contributed by atoms with Crippen LogP contribution in [0.15, 0.2) is 18.2 Å². The van der Waals surface area contributed by atoms with Crippen LogP contribution < -0.4 is 14.8 Å². The fourth-order valence-corrected chi connectivity index (χ4v) is 2.28. The molecule has 0 aliphatic heterocycles. The number of para-hydroxylation sites is 1. The topological polar surface area (TPSA) is 30.5 Å². The van der Waals surface area contributed by atoms with E-state index in [0.717, 1.165) is 43.5 Å². The quantitative estimate of drug-likeness (QED) is 0.660. The summed E-state index contributed by atoms with van der Waals surface area (Å²) < 4.78 is 11.4. The molecule has 1 N–H and O–H groups in total. The van der Waals surface area contributed by atoms with Gasteiger partial charge in [-0.05, 0) is 37.8 Å². The van der Waals surface area contributed by atoms with Gasteiger partial charge in [0.05, 0.1) is 13.7 Å². The van der Waals surface area contributed by atoms with Crippen LogP contribution in [0.5, 0.6) is 11.5 Å². The van der Waals surface area contributed by atoms with Gasteiger partial charge >= 0.3 is 0 Å². The number of nitrogens with one attached hydrogen (secondary N) is 1. The largest absolute Gasteiger partial charge is 0.493 e. The molecule has 3 heteroatoms. The Morgan fingerprint density at radius 3 is 2.80 bits per heavy atom. The van der Waals surface area contributed by atoms with Crippen LogP contribution in [-0.4, -0.2) is 20.3 Å². The standard InChI is InChI=1S/C17H27NO2/c1-3-4-5-11-20-17-15(7-6-8-16(17)19-2)13-18-12-14-9-10-14/h6-8,14,18H,3-5,9-13H2,1-2H3. The third-order valence-electron chi connectivity index (χ3n) is 3.72. The number of rotatable bonds is 10. The summed E-state index contributed by atoms with van der Waals surface area (Å²) in [5.41, 5.74) is 1.20. The predicted molar refractivity (Wildman–Crippen MR) is 82.4 cm³/mol. The van der Waals surface area contributed by atoms with Crippen molar-refractivity contribution in [2.45, 2.75) is 45.6 Å². The van der Waals surface area contributed by atoms with E-state index < -0.39 is 0 Å². The Bertz CT molecular complexity index is 402. The van der Waals surface area contributed by atoms with Gasteiger partial charge in [0.25, 0.3) is 0 Å². The Morgan fingerprint density at radius 2 is 2.10 bits per heavy atom. The maximum Gasteiger partial charge on any atom is 0.165 e. The molecule has 0 atom stereocenters. The molecule has 1 aliphatic carbocycles. The van der Waals surface area contributed by atoms with Gasteiger partial charge in [-0.25, -0.2) is 0 Å². The van der Waals surface area contributed by atoms with Crippen molar-refractivity contribution >= 4 is 0 Å². The van der Waals surface area contributed by atoms with Gasteiger partial charge in [-0.15, -0.1) is 0 Å². The molecule has 1 fully saturated rings. The lowest BCUT2D eigenvalue weighted by Crippen LogP contribution is -2.17. The highest BCUT2D eigenvalue weighted by molar-refractivity contribution is 5.46. The van der Waals surface area contributed by atoms with E-state index in [9.17, 15) is 0 Å². The van der Waals surface area contributed by atoms with Crippen LogP contribution in [0.3, 0.4) is 0 Å². The Balaban J connectivity index is 1.92. The average Bonchev–Trinajstić information content (AvgIpc) is 3.28. The third-order valence-corrected chi connectivity index (χ3v) is 3.72. The summed E-state index contributed by atoms with van der Waals surface area (Å²) in [6, 6.07) is 6.13. The van der Waals surface area contributed by atoms with Crippen LogP contribution >= 0.6 is 0 Å². The monoisotopic (exact) mass is 277 g/mol. The zero-order valence-electron chi connectivity index (χ0n) is 12.8. The Morgan fingerprint density at radius 1 is 1.25 bits per heavy atom. The van der Waals surface area contributed by atoms with Gasteiger partial charge in [0.1, 0.15) is 0 Å². The van der Waals surface area contributed by atoms with Crippen LogP contribution in [0.1, 0.15) is 44.6 Å². The van der Waals surface area contributed by atoms with Crippen molar-refractivity contribution in [3.05, 3.63) is 23.8 Å². The van der Waals surface area contributed by atoms with E-state index in [1.54, 1.807) is 7.11 Å². The molecular formula is C17H27NO2. The van der Waals surface area contributed by atoms with Crippen LogP contribution in [0.25, 0.3) is 0 Å². The molecule has 3 nitrogen and oxygen atoms in total. The van der Waals surface area contributed by atoms with E-state index >= 15 is 0 Å². The minimum Gasteiger partial charge on any atom is -0.493 e. The molecule has 0 unspecified atom stereocenters. The smallest absolute Gasteiger partial charge is 0.165 e. The molecule has 1 aliphatic rings. The summed E-state index contributed by atoms with van der Waals surface area (Å²) in [5, 5.41) is 3.52. The Kier molecular flexibility index (Phi) is 6.19. The molecule has 0 bridgehead atoms. The zero-order valence-corrected chi connectivity index (χ0v) is 12.8. The molecule has 0 amide bonds. The first kappa shape index (κ1) is 15.2. The Labute approximate surface area is 122 Å². The van der Waals surface area contributed by atoms with Gasteiger partial charge in [0, 0.05) is 12.1 Å². The van der Waals surface area contributed by atoms with Crippen molar-refractivity contribution in [3.8, 4) is 11.5 Å². The number of methoxy groups -OCH3 is 1. The van der Waals surface area contributed by atoms with Crippen molar-refractivity contribution < 1.29 is 9.47 Å². The summed E-state index contributed by atoms with van der Waals surface area (Å²) >= 11 is 0. The molecule has 0 aromatic heterocycles. The van der Waals surface area contributed by atoms with E-state index in [-0.39, 0.29) is 0 Å². The second kappa shape index (κ2) is 8.15. The van der Waals surface area contributed by atoms with E-state index in [4.69, 9.17) is 9.47 Å². The molecular weight excluding hydrogens is 250 g/mol. The first-order chi connectivity index (χ1) is 9.85. The van der Waals surface area contributed by atoms with E-state index in [0.29, 0.717) is 0 Å². The Hall–Kier alpha value is -1.22. The lowest BCUT2D eigenvalue weighted by Gasteiger charge is -2.15. The first-order valence-corrected chi connectivity index (χ1v) is 7.84. The molecule has 1 aromatic rings. The predicted octanol–water partition coefficient (Wildman–Crippen LogP) is 3.76. The van der Waals surface area contributed by atoms with E-state index in [1.165, 1.54) is 31.2 Å². The van der Waals surface area contributed by atoms with Crippen LogP contribution in [0, 0.1) is 5.92 Å².